The Kier molecular flexibility index (Phi) is 5.04. The summed E-state index contributed by atoms with van der Waals surface area (Å²) in [6.07, 6.45) is 3.01. The first kappa shape index (κ1) is 16.4. The maximum Gasteiger partial charge on any atom is 0.248 e. The van der Waals surface area contributed by atoms with Crippen LogP contribution in [0.4, 0.5) is 5.69 Å². The zero-order valence-corrected chi connectivity index (χ0v) is 14.0. The average Bonchev–Trinajstić information content (AvgIpc) is 3.05. The molecule has 1 amide bonds. The summed E-state index contributed by atoms with van der Waals surface area (Å²) >= 11 is 12.2. The lowest BCUT2D eigenvalue weighted by Crippen LogP contribution is -2.07. The minimum absolute atomic E-state index is 0.236. The molecule has 1 N–H and O–H groups in total. The van der Waals surface area contributed by atoms with E-state index in [1.54, 1.807) is 30.3 Å². The van der Waals surface area contributed by atoms with Crippen molar-refractivity contribution in [2.75, 3.05) is 5.32 Å². The number of nitrogens with one attached hydrogen (secondary N) is 1. The number of anilines is 1. The van der Waals surface area contributed by atoms with E-state index in [0.29, 0.717) is 27.1 Å². The minimum atomic E-state index is -0.236. The Balaban J connectivity index is 1.72. The SMILES string of the molecule is O=C(C=Cc1ccc(-c2cccc(Cl)c2Cl)o1)Nc1ccccc1. The van der Waals surface area contributed by atoms with Gasteiger partial charge in [0.15, 0.2) is 0 Å². The molecule has 120 valence electrons. The van der Waals surface area contributed by atoms with Crippen molar-refractivity contribution < 1.29 is 9.21 Å². The molecule has 3 rings (SSSR count). The number of benzene rings is 2. The molecule has 0 radical (unpaired) electrons. The van der Waals surface area contributed by atoms with Crippen LogP contribution in [0.3, 0.4) is 0 Å². The second-order valence-electron chi connectivity index (χ2n) is 4.99. The van der Waals surface area contributed by atoms with Gasteiger partial charge in [-0.1, -0.05) is 47.5 Å². The molecule has 1 aromatic heterocycles. The molecule has 0 bridgehead atoms. The predicted molar refractivity (Wildman–Crippen MR) is 98.3 cm³/mol. The summed E-state index contributed by atoms with van der Waals surface area (Å²) in [5.41, 5.74) is 1.44. The summed E-state index contributed by atoms with van der Waals surface area (Å²) in [7, 11) is 0. The summed E-state index contributed by atoms with van der Waals surface area (Å²) in [5.74, 6) is 0.898. The zero-order chi connectivity index (χ0) is 16.9. The highest BCUT2D eigenvalue weighted by atomic mass is 35.5. The van der Waals surface area contributed by atoms with Crippen LogP contribution in [0.15, 0.2) is 71.2 Å². The Hall–Kier alpha value is -2.49. The van der Waals surface area contributed by atoms with E-state index >= 15 is 0 Å². The molecule has 0 saturated heterocycles. The Morgan fingerprint density at radius 2 is 1.75 bits per heavy atom. The summed E-state index contributed by atoms with van der Waals surface area (Å²) in [5, 5.41) is 3.66. The van der Waals surface area contributed by atoms with Crippen molar-refractivity contribution in [2.24, 2.45) is 0 Å². The van der Waals surface area contributed by atoms with E-state index in [1.165, 1.54) is 6.08 Å². The highest BCUT2D eigenvalue weighted by Crippen LogP contribution is 2.34. The Morgan fingerprint density at radius 3 is 2.54 bits per heavy atom. The monoisotopic (exact) mass is 357 g/mol. The van der Waals surface area contributed by atoms with E-state index in [2.05, 4.69) is 5.32 Å². The van der Waals surface area contributed by atoms with E-state index in [9.17, 15) is 4.79 Å². The second-order valence-corrected chi connectivity index (χ2v) is 5.78. The Morgan fingerprint density at radius 1 is 0.958 bits per heavy atom. The second kappa shape index (κ2) is 7.39. The fourth-order valence-electron chi connectivity index (χ4n) is 2.14. The van der Waals surface area contributed by atoms with E-state index in [-0.39, 0.29) is 5.91 Å². The topological polar surface area (TPSA) is 42.2 Å². The van der Waals surface area contributed by atoms with Gasteiger partial charge < -0.3 is 9.73 Å². The van der Waals surface area contributed by atoms with Crippen molar-refractivity contribution in [3.05, 3.63) is 82.5 Å². The molecule has 5 heteroatoms. The third-order valence-corrected chi connectivity index (χ3v) is 4.10. The number of rotatable bonds is 4. The van der Waals surface area contributed by atoms with Gasteiger partial charge in [0.25, 0.3) is 0 Å². The summed E-state index contributed by atoms with van der Waals surface area (Å²) in [4.78, 5) is 11.9. The van der Waals surface area contributed by atoms with Crippen molar-refractivity contribution in [2.45, 2.75) is 0 Å². The molecule has 0 aliphatic rings. The number of carbonyl (C=O) groups is 1. The third-order valence-electron chi connectivity index (χ3n) is 3.28. The van der Waals surface area contributed by atoms with Crippen molar-refractivity contribution in [3.63, 3.8) is 0 Å². The van der Waals surface area contributed by atoms with Gasteiger partial charge >= 0.3 is 0 Å². The third kappa shape index (κ3) is 3.88. The van der Waals surface area contributed by atoms with Gasteiger partial charge in [0, 0.05) is 17.3 Å². The maximum atomic E-state index is 11.9. The van der Waals surface area contributed by atoms with E-state index in [4.69, 9.17) is 27.6 Å². The fraction of sp³-hybridized carbons (Fsp3) is 0. The van der Waals surface area contributed by atoms with Crippen molar-refractivity contribution in [3.8, 4) is 11.3 Å². The van der Waals surface area contributed by atoms with Gasteiger partial charge in [0.2, 0.25) is 5.91 Å². The lowest BCUT2D eigenvalue weighted by Gasteiger charge is -2.02. The van der Waals surface area contributed by atoms with Crippen LogP contribution >= 0.6 is 23.2 Å². The number of halogens is 2. The first-order valence-corrected chi connectivity index (χ1v) is 7.97. The van der Waals surface area contributed by atoms with Crippen LogP contribution in [0.5, 0.6) is 0 Å². The van der Waals surface area contributed by atoms with Gasteiger partial charge in [0.05, 0.1) is 10.0 Å². The largest absolute Gasteiger partial charge is 0.457 e. The van der Waals surface area contributed by atoms with E-state index in [0.717, 1.165) is 5.69 Å². The molecule has 24 heavy (non-hydrogen) atoms. The van der Waals surface area contributed by atoms with Crippen LogP contribution in [-0.2, 0) is 4.79 Å². The summed E-state index contributed by atoms with van der Waals surface area (Å²) < 4.78 is 5.70. The van der Waals surface area contributed by atoms with Gasteiger partial charge in [0.1, 0.15) is 11.5 Å². The lowest BCUT2D eigenvalue weighted by atomic mass is 10.2. The molecule has 0 aliphatic carbocycles. The van der Waals surface area contributed by atoms with E-state index < -0.39 is 0 Å². The van der Waals surface area contributed by atoms with Crippen LogP contribution < -0.4 is 5.32 Å². The van der Waals surface area contributed by atoms with Crippen LogP contribution in [0.25, 0.3) is 17.4 Å². The predicted octanol–water partition coefficient (Wildman–Crippen LogP) is 5.91. The lowest BCUT2D eigenvalue weighted by molar-refractivity contribution is -0.111. The van der Waals surface area contributed by atoms with Crippen molar-refractivity contribution in [1.82, 2.24) is 0 Å². The standard InChI is InChI=1S/C19H13Cl2NO2/c20-16-8-4-7-15(19(16)21)17-11-9-14(24-17)10-12-18(23)22-13-5-2-1-3-6-13/h1-12H,(H,22,23). The molecule has 0 aliphatic heterocycles. The summed E-state index contributed by atoms with van der Waals surface area (Å²) in [6, 6.07) is 18.1. The molecule has 0 unspecified atom stereocenters. The van der Waals surface area contributed by atoms with Gasteiger partial charge in [-0.15, -0.1) is 0 Å². The van der Waals surface area contributed by atoms with Gasteiger partial charge in [-0.2, -0.15) is 0 Å². The molecule has 0 saturated carbocycles. The molecule has 0 spiro atoms. The molecule has 1 heterocycles. The molecule has 2 aromatic carbocycles. The van der Waals surface area contributed by atoms with Crippen LogP contribution in [0.1, 0.15) is 5.76 Å². The molecular weight excluding hydrogens is 345 g/mol. The molecule has 0 fully saturated rings. The number of hydrogen-bond donors (Lipinski definition) is 1. The highest BCUT2D eigenvalue weighted by molar-refractivity contribution is 6.43. The smallest absolute Gasteiger partial charge is 0.248 e. The molecule has 0 atom stereocenters. The maximum absolute atomic E-state index is 11.9. The van der Waals surface area contributed by atoms with Gasteiger partial charge in [-0.05, 0) is 42.5 Å². The summed E-state index contributed by atoms with van der Waals surface area (Å²) in [6.45, 7) is 0. The zero-order valence-electron chi connectivity index (χ0n) is 12.5. The number of furan rings is 1. The molecular formula is C19H13Cl2NO2. The first-order chi connectivity index (χ1) is 11.6. The average molecular weight is 358 g/mol. The molecule has 3 nitrogen and oxygen atoms in total. The number of carbonyl (C=O) groups excluding carboxylic acids is 1. The minimum Gasteiger partial charge on any atom is -0.457 e. The van der Waals surface area contributed by atoms with Crippen molar-refractivity contribution in [1.29, 1.82) is 0 Å². The highest BCUT2D eigenvalue weighted by Gasteiger charge is 2.10. The van der Waals surface area contributed by atoms with Gasteiger partial charge in [-0.25, -0.2) is 0 Å². The first-order valence-electron chi connectivity index (χ1n) is 7.22. The van der Waals surface area contributed by atoms with Gasteiger partial charge in [-0.3, -0.25) is 4.79 Å². The number of para-hydroxylation sites is 1. The normalized spacial score (nSPS) is 10.9. The Labute approximate surface area is 149 Å². The van der Waals surface area contributed by atoms with Crippen molar-refractivity contribution >= 4 is 40.9 Å². The van der Waals surface area contributed by atoms with Crippen LogP contribution in [-0.4, -0.2) is 5.91 Å². The number of amides is 1. The quantitative estimate of drug-likeness (QED) is 0.590. The fourth-order valence-corrected chi connectivity index (χ4v) is 2.54. The molecule has 3 aromatic rings. The van der Waals surface area contributed by atoms with E-state index in [1.807, 2.05) is 36.4 Å². The Bertz CT molecular complexity index is 885. The van der Waals surface area contributed by atoms with Crippen LogP contribution in [0.2, 0.25) is 10.0 Å². The van der Waals surface area contributed by atoms with Crippen LogP contribution in [0, 0.1) is 0 Å². The number of hydrogen-bond acceptors (Lipinski definition) is 2.